The molecule has 1 aromatic heterocycles. The molecule has 0 aliphatic heterocycles. The van der Waals surface area contributed by atoms with Gasteiger partial charge in [0.15, 0.2) is 0 Å². The van der Waals surface area contributed by atoms with Gasteiger partial charge >= 0.3 is 0 Å². The van der Waals surface area contributed by atoms with Crippen LogP contribution in [0.25, 0.3) is 22.0 Å². The molecule has 5 heteroatoms. The maximum atomic E-state index is 12.8. The molecule has 3 aromatic carbocycles. The summed E-state index contributed by atoms with van der Waals surface area (Å²) < 4.78 is 28.3. The highest BCUT2D eigenvalue weighted by Crippen LogP contribution is 2.37. The molecule has 2 N–H and O–H groups in total. The fourth-order valence-electron chi connectivity index (χ4n) is 3.08. The lowest BCUT2D eigenvalue weighted by Crippen LogP contribution is -2.13. The maximum Gasteiger partial charge on any atom is 0.263 e. The first-order chi connectivity index (χ1) is 12.5. The van der Waals surface area contributed by atoms with Gasteiger partial charge < -0.3 is 4.98 Å². The fraction of sp³-hybridized carbons (Fsp3) is 0.0476. The van der Waals surface area contributed by atoms with Crippen molar-refractivity contribution in [1.82, 2.24) is 4.98 Å². The molecule has 26 heavy (non-hydrogen) atoms. The van der Waals surface area contributed by atoms with Crippen molar-refractivity contribution in [3.63, 3.8) is 0 Å². The van der Waals surface area contributed by atoms with Gasteiger partial charge in [0.1, 0.15) is 5.82 Å². The van der Waals surface area contributed by atoms with Gasteiger partial charge in [0.05, 0.1) is 4.90 Å². The van der Waals surface area contributed by atoms with Crippen LogP contribution in [0, 0.1) is 6.92 Å². The van der Waals surface area contributed by atoms with Crippen LogP contribution < -0.4 is 4.72 Å². The average Bonchev–Trinajstić information content (AvgIpc) is 2.99. The first kappa shape index (κ1) is 16.4. The number of rotatable bonds is 4. The van der Waals surface area contributed by atoms with E-state index >= 15 is 0 Å². The minimum Gasteiger partial charge on any atom is -0.340 e. The molecule has 0 amide bonds. The lowest BCUT2D eigenvalue weighted by Gasteiger charge is -2.09. The summed E-state index contributed by atoms with van der Waals surface area (Å²) in [4.78, 5) is 3.46. The van der Waals surface area contributed by atoms with Crippen LogP contribution in [0.3, 0.4) is 0 Å². The van der Waals surface area contributed by atoms with E-state index in [-0.39, 0.29) is 4.90 Å². The molecule has 1 heterocycles. The number of aryl methyl sites for hydroxylation is 1. The highest BCUT2D eigenvalue weighted by atomic mass is 32.2. The van der Waals surface area contributed by atoms with Gasteiger partial charge in [0.25, 0.3) is 10.0 Å². The van der Waals surface area contributed by atoms with E-state index in [0.29, 0.717) is 5.82 Å². The van der Waals surface area contributed by atoms with E-state index < -0.39 is 10.0 Å². The molecular weight excluding hydrogens is 344 g/mol. The predicted molar refractivity (Wildman–Crippen MR) is 106 cm³/mol. The topological polar surface area (TPSA) is 62.0 Å². The molecule has 4 rings (SSSR count). The second-order valence-electron chi connectivity index (χ2n) is 6.21. The molecule has 0 fully saturated rings. The Morgan fingerprint density at radius 1 is 0.846 bits per heavy atom. The largest absolute Gasteiger partial charge is 0.340 e. The minimum atomic E-state index is -3.68. The van der Waals surface area contributed by atoms with E-state index in [2.05, 4.69) is 15.8 Å². The van der Waals surface area contributed by atoms with Gasteiger partial charge in [-0.1, -0.05) is 60.2 Å². The zero-order valence-electron chi connectivity index (χ0n) is 14.2. The zero-order chi connectivity index (χ0) is 18.1. The number of aromatic amines is 1. The Hall–Kier alpha value is -3.05. The van der Waals surface area contributed by atoms with Crippen molar-refractivity contribution in [2.24, 2.45) is 0 Å². The van der Waals surface area contributed by atoms with E-state index in [1.807, 2.05) is 49.4 Å². The van der Waals surface area contributed by atoms with Crippen molar-refractivity contribution in [2.45, 2.75) is 11.8 Å². The fourth-order valence-corrected chi connectivity index (χ4v) is 4.14. The average molecular weight is 362 g/mol. The standard InChI is InChI=1S/C21H18N2O2S/c1-15-12-13-19-18(14-15)20(16-8-4-2-5-9-16)21(22-19)23-26(24,25)17-10-6-3-7-11-17/h2-14,22-23H,1H3. The molecule has 0 saturated heterocycles. The van der Waals surface area contributed by atoms with Gasteiger partial charge in [0.2, 0.25) is 0 Å². The zero-order valence-corrected chi connectivity index (χ0v) is 15.0. The summed E-state index contributed by atoms with van der Waals surface area (Å²) >= 11 is 0. The number of hydrogen-bond acceptors (Lipinski definition) is 2. The van der Waals surface area contributed by atoms with Crippen molar-refractivity contribution >= 4 is 26.7 Å². The summed E-state index contributed by atoms with van der Waals surface area (Å²) in [5.41, 5.74) is 3.81. The van der Waals surface area contributed by atoms with Crippen molar-refractivity contribution in [1.29, 1.82) is 0 Å². The van der Waals surface area contributed by atoms with E-state index in [4.69, 9.17) is 0 Å². The summed E-state index contributed by atoms with van der Waals surface area (Å²) in [5, 5.41) is 0.988. The molecule has 130 valence electrons. The van der Waals surface area contributed by atoms with Crippen LogP contribution in [0.2, 0.25) is 0 Å². The number of H-pyrrole nitrogens is 1. The Kier molecular flexibility index (Phi) is 4.01. The van der Waals surface area contributed by atoms with Gasteiger partial charge in [-0.25, -0.2) is 8.42 Å². The normalized spacial score (nSPS) is 11.6. The van der Waals surface area contributed by atoms with Crippen molar-refractivity contribution < 1.29 is 8.42 Å². The van der Waals surface area contributed by atoms with Crippen molar-refractivity contribution in [3.8, 4) is 11.1 Å². The molecule has 0 unspecified atom stereocenters. The second kappa shape index (κ2) is 6.35. The molecular formula is C21H18N2O2S. The Labute approximate surface area is 152 Å². The van der Waals surface area contributed by atoms with E-state index in [0.717, 1.165) is 27.6 Å². The molecule has 0 bridgehead atoms. The summed E-state index contributed by atoms with van der Waals surface area (Å²) in [6.07, 6.45) is 0. The first-order valence-corrected chi connectivity index (χ1v) is 9.78. The van der Waals surface area contributed by atoms with E-state index in [1.165, 1.54) is 0 Å². The highest BCUT2D eigenvalue weighted by Gasteiger charge is 2.20. The van der Waals surface area contributed by atoms with Crippen LogP contribution in [-0.4, -0.2) is 13.4 Å². The third kappa shape index (κ3) is 2.97. The number of benzene rings is 3. The molecule has 0 aliphatic rings. The molecule has 0 spiro atoms. The Bertz CT molecular complexity index is 1160. The van der Waals surface area contributed by atoms with Crippen LogP contribution in [-0.2, 0) is 10.0 Å². The number of nitrogens with one attached hydrogen (secondary N) is 2. The Morgan fingerprint density at radius 2 is 1.50 bits per heavy atom. The molecule has 0 atom stereocenters. The second-order valence-corrected chi connectivity index (χ2v) is 7.89. The van der Waals surface area contributed by atoms with Crippen LogP contribution in [0.5, 0.6) is 0 Å². The van der Waals surface area contributed by atoms with Crippen LogP contribution in [0.15, 0.2) is 83.8 Å². The van der Waals surface area contributed by atoms with Crippen LogP contribution in [0.4, 0.5) is 5.82 Å². The number of hydrogen-bond donors (Lipinski definition) is 2. The number of anilines is 1. The monoisotopic (exact) mass is 362 g/mol. The highest BCUT2D eigenvalue weighted by molar-refractivity contribution is 7.92. The van der Waals surface area contributed by atoms with Gasteiger partial charge in [-0.2, -0.15) is 0 Å². The summed E-state index contributed by atoms with van der Waals surface area (Å²) in [6, 6.07) is 24.2. The lowest BCUT2D eigenvalue weighted by atomic mass is 10.0. The molecule has 4 nitrogen and oxygen atoms in total. The van der Waals surface area contributed by atoms with Crippen LogP contribution >= 0.6 is 0 Å². The first-order valence-electron chi connectivity index (χ1n) is 8.30. The quantitative estimate of drug-likeness (QED) is 0.540. The predicted octanol–water partition coefficient (Wildman–Crippen LogP) is 4.94. The molecule has 0 aliphatic carbocycles. The molecule has 0 radical (unpaired) electrons. The van der Waals surface area contributed by atoms with Gasteiger partial charge in [-0.3, -0.25) is 4.72 Å². The van der Waals surface area contributed by atoms with Gasteiger partial charge in [0, 0.05) is 16.5 Å². The third-order valence-corrected chi connectivity index (χ3v) is 5.67. The van der Waals surface area contributed by atoms with Gasteiger partial charge in [-0.15, -0.1) is 0 Å². The smallest absolute Gasteiger partial charge is 0.263 e. The summed E-state index contributed by atoms with van der Waals surface area (Å²) in [5.74, 6) is 0.473. The molecule has 4 aromatic rings. The van der Waals surface area contributed by atoms with Crippen molar-refractivity contribution in [3.05, 3.63) is 84.4 Å². The Balaban J connectivity index is 1.90. The molecule has 0 saturated carbocycles. The Morgan fingerprint density at radius 3 is 2.19 bits per heavy atom. The maximum absolute atomic E-state index is 12.8. The number of sulfonamides is 1. The van der Waals surface area contributed by atoms with E-state index in [9.17, 15) is 8.42 Å². The minimum absolute atomic E-state index is 0.230. The lowest BCUT2D eigenvalue weighted by molar-refractivity contribution is 0.601. The number of fused-ring (bicyclic) bond motifs is 1. The van der Waals surface area contributed by atoms with Crippen molar-refractivity contribution in [2.75, 3.05) is 4.72 Å². The van der Waals surface area contributed by atoms with Crippen LogP contribution in [0.1, 0.15) is 5.56 Å². The number of aromatic nitrogens is 1. The summed E-state index contributed by atoms with van der Waals surface area (Å²) in [6.45, 7) is 2.02. The van der Waals surface area contributed by atoms with E-state index in [1.54, 1.807) is 30.3 Å². The van der Waals surface area contributed by atoms with Gasteiger partial charge in [-0.05, 0) is 36.8 Å². The SMILES string of the molecule is Cc1ccc2[nH]c(NS(=O)(=O)c3ccccc3)c(-c3ccccc3)c2c1. The summed E-state index contributed by atoms with van der Waals surface area (Å²) in [7, 11) is -3.68. The third-order valence-electron chi connectivity index (χ3n) is 4.31.